The van der Waals surface area contributed by atoms with E-state index < -0.39 is 0 Å². The van der Waals surface area contributed by atoms with Gasteiger partial charge < -0.3 is 52.4 Å². The summed E-state index contributed by atoms with van der Waals surface area (Å²) in [5.41, 5.74) is 8.09. The fourth-order valence-corrected chi connectivity index (χ4v) is 7.47. The Morgan fingerprint density at radius 1 is 0.259 bits per heavy atom. The van der Waals surface area contributed by atoms with Crippen LogP contribution in [-0.2, 0) is 48.7 Å². The zero-order valence-electron chi connectivity index (χ0n) is 31.3. The van der Waals surface area contributed by atoms with Crippen LogP contribution in [-0.4, -0.2) is 48.5 Å². The van der Waals surface area contributed by atoms with Crippen molar-refractivity contribution < 1.29 is 52.4 Å². The highest BCUT2D eigenvalue weighted by Gasteiger charge is 2.30. The Morgan fingerprint density at radius 2 is 0.444 bits per heavy atom. The van der Waals surface area contributed by atoms with Crippen molar-refractivity contribution in [1.82, 2.24) is 0 Å². The van der Waals surface area contributed by atoms with E-state index in [1.54, 1.807) is 0 Å². The molecule has 0 spiro atoms. The minimum atomic E-state index is 0. The maximum atomic E-state index is 6.38. The Hall–Kier alpha value is -3.88. The predicted molar refractivity (Wildman–Crippen MR) is 213 cm³/mol. The van der Waals surface area contributed by atoms with Crippen molar-refractivity contribution in [3.05, 3.63) is 215 Å². The highest BCUT2D eigenvalue weighted by atomic mass is 79.9. The highest BCUT2D eigenvalue weighted by Crippen LogP contribution is 2.26. The van der Waals surface area contributed by atoms with Gasteiger partial charge in [-0.2, -0.15) is 0 Å². The van der Waals surface area contributed by atoms with Crippen molar-refractivity contribution in [2.24, 2.45) is 0 Å². The molecule has 0 aliphatic rings. The molecule has 0 fully saturated rings. The van der Waals surface area contributed by atoms with Crippen molar-refractivity contribution in [2.45, 2.75) is 39.3 Å². The molecular formula is C48H54Br2N2O2. The molecule has 4 nitrogen and oxygen atoms in total. The topological polar surface area (TPSA) is 18.5 Å². The van der Waals surface area contributed by atoms with Crippen LogP contribution in [0.3, 0.4) is 0 Å². The van der Waals surface area contributed by atoms with E-state index >= 15 is 0 Å². The number of rotatable bonds is 21. The molecule has 6 aromatic rings. The van der Waals surface area contributed by atoms with Gasteiger partial charge in [0.2, 0.25) is 0 Å². The van der Waals surface area contributed by atoms with Crippen LogP contribution in [0.2, 0.25) is 0 Å². The van der Waals surface area contributed by atoms with Gasteiger partial charge in [-0.15, -0.1) is 0 Å². The monoisotopic (exact) mass is 848 g/mol. The lowest BCUT2D eigenvalue weighted by atomic mass is 10.1. The van der Waals surface area contributed by atoms with Gasteiger partial charge in [-0.3, -0.25) is 0 Å². The third-order valence-electron chi connectivity index (χ3n) is 9.96. The van der Waals surface area contributed by atoms with E-state index in [2.05, 4.69) is 182 Å². The Kier molecular flexibility index (Phi) is 18.4. The van der Waals surface area contributed by atoms with Crippen molar-refractivity contribution in [1.29, 1.82) is 0 Å². The maximum absolute atomic E-state index is 6.38. The van der Waals surface area contributed by atoms with Gasteiger partial charge in [-0.05, 0) is 0 Å². The van der Waals surface area contributed by atoms with Gasteiger partial charge in [0.05, 0.1) is 26.4 Å². The summed E-state index contributed by atoms with van der Waals surface area (Å²) >= 11 is 0. The SMILES string of the molecule is [Br-].[Br-].c1ccc(C[N+](CCOCCOCC[N+](Cc2ccccc2)(Cc2ccccc2)Cc2ccccc2)(Cc2ccccc2)Cc2ccccc2)cc1. The summed E-state index contributed by atoms with van der Waals surface area (Å²) in [6.07, 6.45) is 0. The van der Waals surface area contributed by atoms with Crippen LogP contribution in [0.25, 0.3) is 0 Å². The zero-order valence-corrected chi connectivity index (χ0v) is 34.4. The average Bonchev–Trinajstić information content (AvgIpc) is 3.18. The molecule has 54 heavy (non-hydrogen) atoms. The summed E-state index contributed by atoms with van der Waals surface area (Å²) in [4.78, 5) is 0. The quantitative estimate of drug-likeness (QED) is 0.0811. The molecule has 0 amide bonds. The lowest BCUT2D eigenvalue weighted by molar-refractivity contribution is -0.966. The zero-order chi connectivity index (χ0) is 35.6. The second kappa shape index (κ2) is 23.1. The van der Waals surface area contributed by atoms with E-state index in [-0.39, 0.29) is 34.0 Å². The minimum Gasteiger partial charge on any atom is -1.00 e. The fraction of sp³-hybridized carbons (Fsp3) is 0.250. The van der Waals surface area contributed by atoms with Gasteiger partial charge in [0, 0.05) is 33.4 Å². The maximum Gasteiger partial charge on any atom is 0.105 e. The number of halogens is 2. The number of hydrogen-bond donors (Lipinski definition) is 0. The summed E-state index contributed by atoms with van der Waals surface area (Å²) in [5.74, 6) is 0. The Bertz CT molecular complexity index is 1490. The lowest BCUT2D eigenvalue weighted by Crippen LogP contribution is -3.00. The molecule has 0 aliphatic carbocycles. The summed E-state index contributed by atoms with van der Waals surface area (Å²) < 4.78 is 14.5. The first kappa shape index (κ1) is 42.9. The molecule has 282 valence electrons. The van der Waals surface area contributed by atoms with Crippen LogP contribution in [0.4, 0.5) is 0 Å². The summed E-state index contributed by atoms with van der Waals surface area (Å²) in [5, 5.41) is 0. The van der Waals surface area contributed by atoms with Gasteiger partial charge in [0.15, 0.2) is 0 Å². The molecule has 0 bridgehead atoms. The van der Waals surface area contributed by atoms with Crippen molar-refractivity contribution in [2.75, 3.05) is 39.5 Å². The fourth-order valence-electron chi connectivity index (χ4n) is 7.47. The third kappa shape index (κ3) is 14.1. The van der Waals surface area contributed by atoms with E-state index in [1.807, 2.05) is 0 Å². The number of ether oxygens (including phenoxy) is 2. The van der Waals surface area contributed by atoms with E-state index in [0.29, 0.717) is 26.4 Å². The van der Waals surface area contributed by atoms with Crippen molar-refractivity contribution in [3.8, 4) is 0 Å². The van der Waals surface area contributed by atoms with Gasteiger partial charge in [0.25, 0.3) is 0 Å². The molecule has 0 aliphatic heterocycles. The normalized spacial score (nSPS) is 11.3. The predicted octanol–water partition coefficient (Wildman–Crippen LogP) is 3.86. The van der Waals surface area contributed by atoms with E-state index in [4.69, 9.17) is 9.47 Å². The van der Waals surface area contributed by atoms with Crippen LogP contribution in [0, 0.1) is 0 Å². The molecule has 0 N–H and O–H groups in total. The molecule has 6 heteroatoms. The minimum absolute atomic E-state index is 0. The molecule has 6 rings (SSSR count). The summed E-state index contributed by atoms with van der Waals surface area (Å²) in [6, 6.07) is 65.4. The van der Waals surface area contributed by atoms with Crippen LogP contribution in [0.1, 0.15) is 33.4 Å². The average molecular weight is 851 g/mol. The van der Waals surface area contributed by atoms with Gasteiger partial charge in [0.1, 0.15) is 52.4 Å². The molecule has 0 heterocycles. The second-order valence-electron chi connectivity index (χ2n) is 14.2. The van der Waals surface area contributed by atoms with E-state index in [9.17, 15) is 0 Å². The van der Waals surface area contributed by atoms with E-state index in [0.717, 1.165) is 61.3 Å². The Balaban J connectivity index is 0.00000325. The second-order valence-corrected chi connectivity index (χ2v) is 14.2. The number of quaternary nitrogens is 2. The number of nitrogens with zero attached hydrogens (tertiary/aromatic N) is 2. The summed E-state index contributed by atoms with van der Waals surface area (Å²) in [7, 11) is 0. The molecule has 0 atom stereocenters. The first-order valence-electron chi connectivity index (χ1n) is 18.8. The molecule has 0 radical (unpaired) electrons. The summed E-state index contributed by atoms with van der Waals surface area (Å²) in [6.45, 7) is 9.96. The first-order valence-corrected chi connectivity index (χ1v) is 18.8. The van der Waals surface area contributed by atoms with Gasteiger partial charge >= 0.3 is 0 Å². The first-order chi connectivity index (χ1) is 25.7. The van der Waals surface area contributed by atoms with Crippen molar-refractivity contribution >= 4 is 0 Å². The van der Waals surface area contributed by atoms with Crippen LogP contribution < -0.4 is 34.0 Å². The van der Waals surface area contributed by atoms with Crippen LogP contribution >= 0.6 is 0 Å². The molecule has 0 saturated heterocycles. The van der Waals surface area contributed by atoms with Crippen LogP contribution in [0.5, 0.6) is 0 Å². The molecule has 0 aromatic heterocycles. The third-order valence-corrected chi connectivity index (χ3v) is 9.96. The molecule has 6 aromatic carbocycles. The lowest BCUT2D eigenvalue weighted by Gasteiger charge is -2.39. The Labute approximate surface area is 344 Å². The standard InChI is InChI=1S/C48H54N2O2.2BrH/c1-7-19-43(20-8-1)37-49(38-44-21-9-2-10-22-44,39-45-23-11-3-12-24-45)31-33-51-35-36-52-34-32-50(40-46-25-13-4-14-26-46,41-47-27-15-5-16-28-47)42-48-29-17-6-18-30-48;;/h1-30H,31-42H2;2*1H/q+2;;/p-2. The molecule has 0 unspecified atom stereocenters. The van der Waals surface area contributed by atoms with Gasteiger partial charge in [-0.1, -0.05) is 182 Å². The number of hydrogen-bond acceptors (Lipinski definition) is 2. The highest BCUT2D eigenvalue weighted by molar-refractivity contribution is 5.19. The van der Waals surface area contributed by atoms with E-state index in [1.165, 1.54) is 33.4 Å². The smallest absolute Gasteiger partial charge is 0.105 e. The largest absolute Gasteiger partial charge is 1.00 e. The molecule has 0 saturated carbocycles. The van der Waals surface area contributed by atoms with Gasteiger partial charge in [-0.25, -0.2) is 0 Å². The van der Waals surface area contributed by atoms with Crippen LogP contribution in [0.15, 0.2) is 182 Å². The Morgan fingerprint density at radius 3 is 0.630 bits per heavy atom. The van der Waals surface area contributed by atoms with Crippen molar-refractivity contribution in [3.63, 3.8) is 0 Å². The number of benzene rings is 6. The molecular weight excluding hydrogens is 796 g/mol.